The van der Waals surface area contributed by atoms with Crippen molar-refractivity contribution in [2.45, 2.75) is 37.6 Å². The molecule has 5 heteroatoms. The van der Waals surface area contributed by atoms with Crippen molar-refractivity contribution in [3.8, 4) is 0 Å². The Morgan fingerprint density at radius 1 is 1.28 bits per heavy atom. The minimum Gasteiger partial charge on any atom is -0.211 e. The van der Waals surface area contributed by atoms with Crippen LogP contribution in [0.5, 0.6) is 0 Å². The minimum absolute atomic E-state index is 0.0844. The molecule has 0 N–H and O–H groups in total. The fraction of sp³-hybridized carbons (Fsp3) is 0.462. The number of isocyanates is 1. The van der Waals surface area contributed by atoms with E-state index in [0.717, 1.165) is 31.0 Å². The van der Waals surface area contributed by atoms with E-state index >= 15 is 0 Å². The van der Waals surface area contributed by atoms with Gasteiger partial charge in [0.2, 0.25) is 6.08 Å². The van der Waals surface area contributed by atoms with E-state index in [4.69, 9.17) is 0 Å². The summed E-state index contributed by atoms with van der Waals surface area (Å²) in [5.41, 5.74) is -1.17. The third kappa shape index (κ3) is 2.18. The van der Waals surface area contributed by atoms with Gasteiger partial charge >= 0.3 is 0 Å². The van der Waals surface area contributed by atoms with Crippen LogP contribution < -0.4 is 0 Å². The molecule has 96 valence electrons. The zero-order chi connectivity index (χ0) is 13.2. The van der Waals surface area contributed by atoms with Gasteiger partial charge in [0, 0.05) is 11.1 Å². The Hall–Kier alpha value is -1.61. The van der Waals surface area contributed by atoms with Gasteiger partial charge in [-0.25, -0.2) is 18.0 Å². The van der Waals surface area contributed by atoms with Crippen LogP contribution in [0.3, 0.4) is 0 Å². The first-order chi connectivity index (χ1) is 8.59. The molecular formula is C13H12F3NO. The van der Waals surface area contributed by atoms with Gasteiger partial charge < -0.3 is 0 Å². The van der Waals surface area contributed by atoms with Gasteiger partial charge in [-0.05, 0) is 25.0 Å². The van der Waals surface area contributed by atoms with Crippen LogP contribution >= 0.6 is 0 Å². The van der Waals surface area contributed by atoms with E-state index in [0.29, 0.717) is 12.8 Å². The number of rotatable bonds is 3. The number of benzene rings is 1. The van der Waals surface area contributed by atoms with Gasteiger partial charge in [-0.3, -0.25) is 0 Å². The first kappa shape index (κ1) is 12.8. The molecule has 0 atom stereocenters. The van der Waals surface area contributed by atoms with Crippen LogP contribution in [0.1, 0.15) is 43.2 Å². The summed E-state index contributed by atoms with van der Waals surface area (Å²) in [5, 5.41) is 0. The molecule has 0 saturated heterocycles. The number of aliphatic imine (C=N–C) groups is 1. The maximum atomic E-state index is 13.8. The maximum absolute atomic E-state index is 13.8. The summed E-state index contributed by atoms with van der Waals surface area (Å²) in [7, 11) is 0. The lowest BCUT2D eigenvalue weighted by atomic mass is 9.87. The van der Waals surface area contributed by atoms with Crippen LogP contribution in [0.2, 0.25) is 0 Å². The van der Waals surface area contributed by atoms with Crippen LogP contribution in [0.25, 0.3) is 0 Å². The highest BCUT2D eigenvalue weighted by molar-refractivity contribution is 5.40. The smallest absolute Gasteiger partial charge is 0.211 e. The zero-order valence-electron chi connectivity index (χ0n) is 9.63. The summed E-state index contributed by atoms with van der Waals surface area (Å²) < 4.78 is 39.1. The first-order valence-corrected chi connectivity index (χ1v) is 5.76. The fourth-order valence-corrected chi connectivity index (χ4v) is 2.52. The molecule has 0 heterocycles. The molecule has 1 aliphatic rings. The standard InChI is InChI=1S/C13H12F3NO/c14-11-4-3-9(12(15)16)7-10(11)13(17-8-18)5-1-2-6-13/h3-4,7,12H,1-2,5-6H2. The second kappa shape index (κ2) is 4.94. The van der Waals surface area contributed by atoms with Gasteiger partial charge in [-0.15, -0.1) is 0 Å². The quantitative estimate of drug-likeness (QED) is 0.595. The third-order valence-electron chi connectivity index (χ3n) is 3.43. The topological polar surface area (TPSA) is 29.4 Å². The Bertz CT molecular complexity index is 489. The normalized spacial score (nSPS) is 17.8. The van der Waals surface area contributed by atoms with E-state index in [1.807, 2.05) is 0 Å². The van der Waals surface area contributed by atoms with Crippen LogP contribution in [0, 0.1) is 5.82 Å². The van der Waals surface area contributed by atoms with Crippen molar-refractivity contribution in [3.05, 3.63) is 35.1 Å². The SMILES string of the molecule is O=C=NC1(c2cc(C(F)F)ccc2F)CCCC1. The lowest BCUT2D eigenvalue weighted by molar-refractivity contribution is 0.151. The summed E-state index contributed by atoms with van der Waals surface area (Å²) in [5.74, 6) is -0.597. The highest BCUT2D eigenvalue weighted by Crippen LogP contribution is 2.43. The van der Waals surface area contributed by atoms with Crippen molar-refractivity contribution in [2.75, 3.05) is 0 Å². The largest absolute Gasteiger partial charge is 0.263 e. The van der Waals surface area contributed by atoms with E-state index in [-0.39, 0.29) is 11.1 Å². The monoisotopic (exact) mass is 255 g/mol. The molecule has 0 amide bonds. The first-order valence-electron chi connectivity index (χ1n) is 5.76. The second-order valence-corrected chi connectivity index (χ2v) is 4.48. The molecule has 1 aliphatic carbocycles. The Balaban J connectivity index is 2.53. The Morgan fingerprint density at radius 3 is 2.50 bits per heavy atom. The predicted molar refractivity (Wildman–Crippen MR) is 59.6 cm³/mol. The van der Waals surface area contributed by atoms with Gasteiger partial charge in [-0.2, -0.15) is 4.99 Å². The lowest BCUT2D eigenvalue weighted by Gasteiger charge is -2.24. The molecule has 2 rings (SSSR count). The number of halogens is 3. The van der Waals surface area contributed by atoms with Crippen LogP contribution in [0.4, 0.5) is 13.2 Å². The van der Waals surface area contributed by atoms with E-state index in [1.54, 1.807) is 0 Å². The molecule has 0 aliphatic heterocycles. The molecular weight excluding hydrogens is 243 g/mol. The minimum atomic E-state index is -2.66. The summed E-state index contributed by atoms with van der Waals surface area (Å²) in [6.07, 6.45) is 1.36. The van der Waals surface area contributed by atoms with Crippen molar-refractivity contribution in [1.29, 1.82) is 0 Å². The van der Waals surface area contributed by atoms with Crippen molar-refractivity contribution in [2.24, 2.45) is 4.99 Å². The van der Waals surface area contributed by atoms with Crippen molar-refractivity contribution < 1.29 is 18.0 Å². The van der Waals surface area contributed by atoms with Crippen LogP contribution in [0.15, 0.2) is 23.2 Å². The molecule has 1 fully saturated rings. The molecule has 0 spiro atoms. The predicted octanol–water partition coefficient (Wildman–Crippen LogP) is 3.87. The molecule has 1 aromatic rings. The van der Waals surface area contributed by atoms with Crippen LogP contribution in [-0.4, -0.2) is 6.08 Å². The number of hydrogen-bond donors (Lipinski definition) is 0. The zero-order valence-corrected chi connectivity index (χ0v) is 9.63. The van der Waals surface area contributed by atoms with Crippen LogP contribution in [-0.2, 0) is 10.3 Å². The fourth-order valence-electron chi connectivity index (χ4n) is 2.52. The molecule has 18 heavy (non-hydrogen) atoms. The van der Waals surface area contributed by atoms with Gasteiger partial charge in [0.25, 0.3) is 6.43 Å². The lowest BCUT2D eigenvalue weighted by Crippen LogP contribution is -2.21. The molecule has 0 aromatic heterocycles. The molecule has 0 unspecified atom stereocenters. The molecule has 0 radical (unpaired) electrons. The van der Waals surface area contributed by atoms with Gasteiger partial charge in [0.1, 0.15) is 11.4 Å². The van der Waals surface area contributed by atoms with Gasteiger partial charge in [-0.1, -0.05) is 18.9 Å². The molecule has 2 nitrogen and oxygen atoms in total. The maximum Gasteiger partial charge on any atom is 0.263 e. The third-order valence-corrected chi connectivity index (χ3v) is 3.43. The van der Waals surface area contributed by atoms with Gasteiger partial charge in [0.05, 0.1) is 0 Å². The number of alkyl halides is 2. The van der Waals surface area contributed by atoms with Crippen molar-refractivity contribution in [1.82, 2.24) is 0 Å². The van der Waals surface area contributed by atoms with Crippen molar-refractivity contribution >= 4 is 6.08 Å². The van der Waals surface area contributed by atoms with E-state index in [9.17, 15) is 18.0 Å². The summed E-state index contributed by atoms with van der Waals surface area (Å²) in [6.45, 7) is 0. The number of nitrogens with zero attached hydrogens (tertiary/aromatic N) is 1. The Kier molecular flexibility index (Phi) is 3.53. The van der Waals surface area contributed by atoms with E-state index in [1.165, 1.54) is 6.08 Å². The second-order valence-electron chi connectivity index (χ2n) is 4.48. The number of carbonyl (C=O) groups excluding carboxylic acids is 1. The Labute approximate surface area is 103 Å². The molecule has 1 aromatic carbocycles. The van der Waals surface area contributed by atoms with E-state index < -0.39 is 17.8 Å². The van der Waals surface area contributed by atoms with E-state index in [2.05, 4.69) is 4.99 Å². The average Bonchev–Trinajstić information content (AvgIpc) is 2.79. The summed E-state index contributed by atoms with van der Waals surface area (Å²) in [6, 6.07) is 3.18. The van der Waals surface area contributed by atoms with Crippen molar-refractivity contribution in [3.63, 3.8) is 0 Å². The summed E-state index contributed by atoms with van der Waals surface area (Å²) >= 11 is 0. The Morgan fingerprint density at radius 2 is 1.94 bits per heavy atom. The molecule has 0 bridgehead atoms. The summed E-state index contributed by atoms with van der Waals surface area (Å²) in [4.78, 5) is 14.2. The average molecular weight is 255 g/mol. The number of hydrogen-bond acceptors (Lipinski definition) is 2. The van der Waals surface area contributed by atoms with Gasteiger partial charge in [0.15, 0.2) is 0 Å². The molecule has 1 saturated carbocycles. The highest BCUT2D eigenvalue weighted by atomic mass is 19.3. The highest BCUT2D eigenvalue weighted by Gasteiger charge is 2.38.